The molecule has 1 heterocycles. The van der Waals surface area contributed by atoms with Crippen molar-refractivity contribution in [2.45, 2.75) is 31.0 Å². The van der Waals surface area contributed by atoms with Crippen molar-refractivity contribution in [2.75, 3.05) is 17.4 Å². The van der Waals surface area contributed by atoms with Crippen LogP contribution in [0.15, 0.2) is 65.6 Å². The number of benzene rings is 3. The summed E-state index contributed by atoms with van der Waals surface area (Å²) in [6.07, 6.45) is -5.82. The standard InChI is InChI=1S/C27H22F5N3O4S/c1-26(2,15-33)25(36)34-13-19-14-35(40(37,38)20-5-3-4-17(11-20)27(30,31)32)23-10-16(6-9-24(23)39-19)21-12-18(28)7-8-22(21)29/h3-12,19H,13-14H2,1-2H3,(H,34,36). The molecule has 0 spiro atoms. The molecule has 40 heavy (non-hydrogen) atoms. The molecule has 0 radical (unpaired) electrons. The van der Waals surface area contributed by atoms with Crippen molar-refractivity contribution in [3.05, 3.63) is 77.9 Å². The number of fused-ring (bicyclic) bond motifs is 1. The van der Waals surface area contributed by atoms with E-state index >= 15 is 0 Å². The van der Waals surface area contributed by atoms with E-state index in [1.54, 1.807) is 0 Å². The number of rotatable bonds is 6. The number of nitrogens with zero attached hydrogens (tertiary/aromatic N) is 2. The van der Waals surface area contributed by atoms with E-state index in [-0.39, 0.29) is 29.1 Å². The van der Waals surface area contributed by atoms with Crippen molar-refractivity contribution in [1.29, 1.82) is 5.26 Å². The van der Waals surface area contributed by atoms with Crippen LogP contribution in [0.2, 0.25) is 0 Å². The first-order valence-corrected chi connectivity index (χ1v) is 13.2. The molecule has 1 amide bonds. The van der Waals surface area contributed by atoms with Crippen LogP contribution in [0.5, 0.6) is 5.75 Å². The van der Waals surface area contributed by atoms with Crippen LogP contribution in [0.25, 0.3) is 11.1 Å². The van der Waals surface area contributed by atoms with Crippen molar-refractivity contribution in [3.8, 4) is 22.9 Å². The summed E-state index contributed by atoms with van der Waals surface area (Å²) < 4.78 is 103. The number of carbonyl (C=O) groups is 1. The van der Waals surface area contributed by atoms with Gasteiger partial charge in [-0.3, -0.25) is 9.10 Å². The van der Waals surface area contributed by atoms with Gasteiger partial charge in [0.05, 0.1) is 35.3 Å². The third-order valence-electron chi connectivity index (χ3n) is 6.22. The van der Waals surface area contributed by atoms with Gasteiger partial charge in [-0.2, -0.15) is 18.4 Å². The van der Waals surface area contributed by atoms with Gasteiger partial charge >= 0.3 is 6.18 Å². The fraction of sp³-hybridized carbons (Fsp3) is 0.259. The Labute approximate surface area is 226 Å². The van der Waals surface area contributed by atoms with E-state index in [2.05, 4.69) is 5.32 Å². The number of hydrogen-bond acceptors (Lipinski definition) is 5. The summed E-state index contributed by atoms with van der Waals surface area (Å²) in [7, 11) is -4.66. The number of nitriles is 1. The Morgan fingerprint density at radius 2 is 1.82 bits per heavy atom. The molecule has 0 aromatic heterocycles. The van der Waals surface area contributed by atoms with Gasteiger partial charge < -0.3 is 10.1 Å². The summed E-state index contributed by atoms with van der Waals surface area (Å²) in [5.41, 5.74) is -2.78. The summed E-state index contributed by atoms with van der Waals surface area (Å²) in [5, 5.41) is 11.7. The quantitative estimate of drug-likeness (QED) is 0.401. The Bertz CT molecular complexity index is 1620. The lowest BCUT2D eigenvalue weighted by Crippen LogP contribution is -2.49. The third kappa shape index (κ3) is 5.72. The van der Waals surface area contributed by atoms with E-state index in [9.17, 15) is 40.4 Å². The molecule has 1 unspecified atom stereocenters. The molecule has 1 N–H and O–H groups in total. The van der Waals surface area contributed by atoms with Gasteiger partial charge in [-0.15, -0.1) is 0 Å². The number of nitrogens with one attached hydrogen (secondary N) is 1. The van der Waals surface area contributed by atoms with Gasteiger partial charge in [-0.25, -0.2) is 17.2 Å². The number of carbonyl (C=O) groups excluding carboxylic acids is 1. The highest BCUT2D eigenvalue weighted by molar-refractivity contribution is 7.92. The zero-order chi connectivity index (χ0) is 29.5. The molecule has 4 rings (SSSR count). The van der Waals surface area contributed by atoms with Crippen LogP contribution in [0.3, 0.4) is 0 Å². The molecule has 0 saturated heterocycles. The van der Waals surface area contributed by atoms with Crippen molar-refractivity contribution < 1.29 is 39.9 Å². The van der Waals surface area contributed by atoms with Crippen molar-refractivity contribution in [1.82, 2.24) is 5.32 Å². The van der Waals surface area contributed by atoms with Gasteiger partial charge in [-0.1, -0.05) is 12.1 Å². The summed E-state index contributed by atoms with van der Waals surface area (Å²) in [5.74, 6) is -2.20. The minimum absolute atomic E-state index is 0.0267. The second-order valence-electron chi connectivity index (χ2n) is 9.56. The molecule has 210 valence electrons. The van der Waals surface area contributed by atoms with E-state index in [0.29, 0.717) is 6.07 Å². The lowest BCUT2D eigenvalue weighted by molar-refractivity contribution is -0.137. The smallest absolute Gasteiger partial charge is 0.416 e. The molecule has 7 nitrogen and oxygen atoms in total. The highest BCUT2D eigenvalue weighted by Gasteiger charge is 2.38. The van der Waals surface area contributed by atoms with E-state index in [4.69, 9.17) is 4.74 Å². The lowest BCUT2D eigenvalue weighted by atomic mass is 9.95. The van der Waals surface area contributed by atoms with E-state index in [1.807, 2.05) is 6.07 Å². The average Bonchev–Trinajstić information content (AvgIpc) is 2.91. The monoisotopic (exact) mass is 579 g/mol. The maximum Gasteiger partial charge on any atom is 0.416 e. The molecule has 0 aliphatic carbocycles. The molecular weight excluding hydrogens is 557 g/mol. The van der Waals surface area contributed by atoms with Crippen molar-refractivity contribution in [3.63, 3.8) is 0 Å². The fourth-order valence-corrected chi connectivity index (χ4v) is 5.52. The SMILES string of the molecule is CC(C)(C#N)C(=O)NCC1CN(S(=O)(=O)c2cccc(C(F)(F)F)c2)c2cc(-c3cc(F)ccc3F)ccc2O1. The largest absolute Gasteiger partial charge is 0.484 e. The van der Waals surface area contributed by atoms with Crippen LogP contribution in [-0.2, 0) is 21.0 Å². The normalized spacial score (nSPS) is 15.6. The Morgan fingerprint density at radius 1 is 1.10 bits per heavy atom. The first-order chi connectivity index (χ1) is 18.6. The summed E-state index contributed by atoms with van der Waals surface area (Å²) >= 11 is 0. The van der Waals surface area contributed by atoms with Crippen LogP contribution in [0.1, 0.15) is 19.4 Å². The third-order valence-corrected chi connectivity index (χ3v) is 7.99. The van der Waals surface area contributed by atoms with Gasteiger partial charge in [0.25, 0.3) is 10.0 Å². The van der Waals surface area contributed by atoms with Crippen LogP contribution in [-0.4, -0.2) is 33.5 Å². The van der Waals surface area contributed by atoms with E-state index < -0.39 is 62.3 Å². The predicted octanol–water partition coefficient (Wildman–Crippen LogP) is 5.27. The number of ether oxygens (including phenoxy) is 1. The number of alkyl halides is 3. The molecule has 3 aromatic carbocycles. The molecule has 1 aliphatic rings. The fourth-order valence-electron chi connectivity index (χ4n) is 3.97. The second-order valence-corrected chi connectivity index (χ2v) is 11.4. The number of sulfonamides is 1. The first-order valence-electron chi connectivity index (χ1n) is 11.8. The van der Waals surface area contributed by atoms with E-state index in [0.717, 1.165) is 40.7 Å². The Morgan fingerprint density at radius 3 is 2.50 bits per heavy atom. The van der Waals surface area contributed by atoms with Gasteiger partial charge in [0.1, 0.15) is 28.9 Å². The molecule has 0 bridgehead atoms. The first kappa shape index (κ1) is 28.8. The van der Waals surface area contributed by atoms with Gasteiger partial charge in [0.15, 0.2) is 0 Å². The van der Waals surface area contributed by atoms with Gasteiger partial charge in [-0.05, 0) is 67.9 Å². The van der Waals surface area contributed by atoms with Gasteiger partial charge in [0.2, 0.25) is 5.91 Å². The number of anilines is 1. The second kappa shape index (κ2) is 10.4. The summed E-state index contributed by atoms with van der Waals surface area (Å²) in [6, 6.07) is 11.7. The highest BCUT2D eigenvalue weighted by Crippen LogP contribution is 2.41. The number of halogens is 5. The molecule has 1 atom stereocenters. The van der Waals surface area contributed by atoms with Gasteiger partial charge in [0, 0.05) is 5.56 Å². The molecule has 0 fully saturated rings. The van der Waals surface area contributed by atoms with Crippen LogP contribution < -0.4 is 14.4 Å². The highest BCUT2D eigenvalue weighted by atomic mass is 32.2. The zero-order valence-corrected chi connectivity index (χ0v) is 21.9. The molecule has 13 heteroatoms. The number of hydrogen-bond donors (Lipinski definition) is 1. The van der Waals surface area contributed by atoms with E-state index in [1.165, 1.54) is 32.0 Å². The Balaban J connectivity index is 1.79. The minimum atomic E-state index is -4.81. The maximum atomic E-state index is 14.5. The maximum absolute atomic E-state index is 14.5. The minimum Gasteiger partial charge on any atom is -0.484 e. The Hall–Kier alpha value is -4.18. The summed E-state index contributed by atoms with van der Waals surface area (Å²) in [4.78, 5) is 11.7. The Kier molecular flexibility index (Phi) is 7.51. The lowest BCUT2D eigenvalue weighted by Gasteiger charge is -2.36. The molecule has 0 saturated carbocycles. The molecule has 1 aliphatic heterocycles. The molecule has 3 aromatic rings. The van der Waals surface area contributed by atoms with Crippen molar-refractivity contribution in [2.24, 2.45) is 5.41 Å². The predicted molar refractivity (Wildman–Crippen MR) is 135 cm³/mol. The molecular formula is C27H22F5N3O4S. The summed E-state index contributed by atoms with van der Waals surface area (Å²) in [6.45, 7) is 2.08. The zero-order valence-electron chi connectivity index (χ0n) is 21.1. The van der Waals surface area contributed by atoms with Crippen LogP contribution >= 0.6 is 0 Å². The average molecular weight is 580 g/mol. The van der Waals surface area contributed by atoms with Crippen molar-refractivity contribution >= 4 is 21.6 Å². The van der Waals surface area contributed by atoms with Crippen LogP contribution in [0.4, 0.5) is 27.6 Å². The number of amides is 1. The topological polar surface area (TPSA) is 99.5 Å². The van der Waals surface area contributed by atoms with Crippen LogP contribution in [0, 0.1) is 28.4 Å².